The lowest BCUT2D eigenvalue weighted by Crippen LogP contribution is -1.96. The Morgan fingerprint density at radius 2 is 2.25 bits per heavy atom. The molecule has 0 aliphatic rings. The normalized spacial score (nSPS) is 12.1. The van der Waals surface area contributed by atoms with Crippen LogP contribution in [0.3, 0.4) is 0 Å². The average Bonchev–Trinajstić information content (AvgIpc) is 2.75. The summed E-state index contributed by atoms with van der Waals surface area (Å²) in [4.78, 5) is 11.6. The molecular weight excluding hydrogens is 222 g/mol. The molecule has 0 fully saturated rings. The van der Waals surface area contributed by atoms with E-state index in [4.69, 9.17) is 10.4 Å². The minimum Gasteiger partial charge on any atom is -0.477 e. The molecule has 4 heteroatoms. The summed E-state index contributed by atoms with van der Waals surface area (Å²) in [5.74, 6) is -1.21. The summed E-state index contributed by atoms with van der Waals surface area (Å²) in [7, 11) is 0. The monoisotopic (exact) mass is 231 g/mol. The molecule has 1 aromatic rings. The quantitative estimate of drug-likeness (QED) is 0.492. The van der Waals surface area contributed by atoms with Gasteiger partial charge in [0.1, 0.15) is 11.6 Å². The van der Waals surface area contributed by atoms with E-state index in [0.29, 0.717) is 0 Å². The van der Waals surface area contributed by atoms with E-state index in [-0.39, 0.29) is 5.57 Å². The van der Waals surface area contributed by atoms with Crippen LogP contribution < -0.4 is 0 Å². The molecular formula is C12H9NO2S. The minimum atomic E-state index is -1.21. The summed E-state index contributed by atoms with van der Waals surface area (Å²) in [6, 6.07) is 5.52. The van der Waals surface area contributed by atoms with Crippen LogP contribution in [0.5, 0.6) is 0 Å². The number of carboxylic acid groups (broad SMARTS) is 1. The fourth-order valence-corrected chi connectivity index (χ4v) is 1.54. The highest BCUT2D eigenvalue weighted by atomic mass is 32.1. The van der Waals surface area contributed by atoms with Crippen molar-refractivity contribution in [2.45, 2.75) is 0 Å². The van der Waals surface area contributed by atoms with Gasteiger partial charge in [0.25, 0.3) is 0 Å². The third-order valence-corrected chi connectivity index (χ3v) is 2.48. The number of aliphatic carboxylic acids is 1. The van der Waals surface area contributed by atoms with Crippen molar-refractivity contribution in [1.29, 1.82) is 5.26 Å². The van der Waals surface area contributed by atoms with E-state index >= 15 is 0 Å². The van der Waals surface area contributed by atoms with Crippen LogP contribution in [0.15, 0.2) is 47.4 Å². The molecule has 0 aliphatic heterocycles. The second kappa shape index (κ2) is 6.38. The van der Waals surface area contributed by atoms with Gasteiger partial charge in [0.2, 0.25) is 0 Å². The highest BCUT2D eigenvalue weighted by Gasteiger charge is 2.01. The number of allylic oxidation sites excluding steroid dienone is 4. The van der Waals surface area contributed by atoms with E-state index in [2.05, 4.69) is 0 Å². The fourth-order valence-electron chi connectivity index (χ4n) is 0.909. The summed E-state index contributed by atoms with van der Waals surface area (Å²) in [6.07, 6.45) is 8.17. The molecule has 0 aliphatic carbocycles. The van der Waals surface area contributed by atoms with E-state index in [1.165, 1.54) is 12.2 Å². The first-order valence-electron chi connectivity index (χ1n) is 4.46. The van der Waals surface area contributed by atoms with Crippen LogP contribution in [0.2, 0.25) is 0 Å². The van der Waals surface area contributed by atoms with Crippen molar-refractivity contribution >= 4 is 23.4 Å². The van der Waals surface area contributed by atoms with Crippen molar-refractivity contribution in [2.24, 2.45) is 0 Å². The molecule has 0 atom stereocenters. The minimum absolute atomic E-state index is 0.277. The van der Waals surface area contributed by atoms with Gasteiger partial charge >= 0.3 is 5.97 Å². The first-order chi connectivity index (χ1) is 7.74. The van der Waals surface area contributed by atoms with E-state index in [1.807, 2.05) is 23.6 Å². The maximum atomic E-state index is 10.4. The molecule has 0 radical (unpaired) electrons. The van der Waals surface area contributed by atoms with Crippen molar-refractivity contribution in [3.05, 3.63) is 52.3 Å². The van der Waals surface area contributed by atoms with Gasteiger partial charge in [-0.25, -0.2) is 4.79 Å². The van der Waals surface area contributed by atoms with Gasteiger partial charge in [-0.05, 0) is 23.6 Å². The molecule has 3 nitrogen and oxygen atoms in total. The second-order valence-corrected chi connectivity index (χ2v) is 3.74. The molecule has 0 amide bonds. The maximum absolute atomic E-state index is 10.4. The van der Waals surface area contributed by atoms with Gasteiger partial charge in [0.05, 0.1) is 0 Å². The average molecular weight is 231 g/mol. The van der Waals surface area contributed by atoms with Crippen LogP contribution in [0.4, 0.5) is 0 Å². The Kier molecular flexibility index (Phi) is 4.77. The zero-order valence-corrected chi connectivity index (χ0v) is 9.15. The lowest BCUT2D eigenvalue weighted by molar-refractivity contribution is -0.132. The Hall–Kier alpha value is -2.12. The molecule has 0 saturated heterocycles. The molecule has 16 heavy (non-hydrogen) atoms. The predicted molar refractivity (Wildman–Crippen MR) is 63.8 cm³/mol. The van der Waals surface area contributed by atoms with Gasteiger partial charge in [-0.1, -0.05) is 24.3 Å². The van der Waals surface area contributed by atoms with E-state index in [1.54, 1.807) is 29.6 Å². The first kappa shape index (κ1) is 12.0. The van der Waals surface area contributed by atoms with Crippen molar-refractivity contribution in [3.63, 3.8) is 0 Å². The van der Waals surface area contributed by atoms with Gasteiger partial charge < -0.3 is 5.11 Å². The van der Waals surface area contributed by atoms with Gasteiger partial charge in [-0.3, -0.25) is 0 Å². The smallest absolute Gasteiger partial charge is 0.346 e. The SMILES string of the molecule is N#C\C(=C/C=C/C=C/c1cccs1)C(=O)O. The summed E-state index contributed by atoms with van der Waals surface area (Å²) in [6.45, 7) is 0. The van der Waals surface area contributed by atoms with Crippen LogP contribution >= 0.6 is 11.3 Å². The number of carboxylic acids is 1. The molecule has 1 rings (SSSR count). The highest BCUT2D eigenvalue weighted by molar-refractivity contribution is 7.10. The van der Waals surface area contributed by atoms with Crippen molar-refractivity contribution in [3.8, 4) is 6.07 Å². The molecule has 1 heterocycles. The van der Waals surface area contributed by atoms with Crippen LogP contribution in [-0.2, 0) is 4.79 Å². The Morgan fingerprint density at radius 1 is 1.44 bits per heavy atom. The number of nitrogens with zero attached hydrogens (tertiary/aromatic N) is 1. The first-order valence-corrected chi connectivity index (χ1v) is 5.34. The summed E-state index contributed by atoms with van der Waals surface area (Å²) >= 11 is 1.61. The van der Waals surface area contributed by atoms with Crippen LogP contribution in [0.1, 0.15) is 4.88 Å². The Bertz CT molecular complexity index is 476. The summed E-state index contributed by atoms with van der Waals surface area (Å²) < 4.78 is 0. The van der Waals surface area contributed by atoms with Crippen molar-refractivity contribution in [1.82, 2.24) is 0 Å². The molecule has 0 spiro atoms. The lowest BCUT2D eigenvalue weighted by atomic mass is 10.2. The molecule has 0 bridgehead atoms. The van der Waals surface area contributed by atoms with Crippen LogP contribution in [-0.4, -0.2) is 11.1 Å². The van der Waals surface area contributed by atoms with Crippen molar-refractivity contribution < 1.29 is 9.90 Å². The van der Waals surface area contributed by atoms with Crippen molar-refractivity contribution in [2.75, 3.05) is 0 Å². The largest absolute Gasteiger partial charge is 0.477 e. The standard InChI is InChI=1S/C12H9NO2S/c13-9-10(12(14)15)5-2-1-3-6-11-7-4-8-16-11/h1-8H,(H,14,15)/b2-1+,6-3+,10-5+. The number of thiophene rings is 1. The number of hydrogen-bond donors (Lipinski definition) is 1. The predicted octanol–water partition coefficient (Wildman–Crippen LogP) is 2.85. The molecule has 0 saturated carbocycles. The highest BCUT2D eigenvalue weighted by Crippen LogP contribution is 2.09. The van der Waals surface area contributed by atoms with Gasteiger partial charge in [-0.15, -0.1) is 11.3 Å². The van der Waals surface area contributed by atoms with Crippen LogP contribution in [0.25, 0.3) is 6.08 Å². The third-order valence-electron chi connectivity index (χ3n) is 1.64. The summed E-state index contributed by atoms with van der Waals surface area (Å²) in [5.41, 5.74) is -0.277. The second-order valence-electron chi connectivity index (χ2n) is 2.76. The van der Waals surface area contributed by atoms with E-state index < -0.39 is 5.97 Å². The maximum Gasteiger partial charge on any atom is 0.346 e. The zero-order valence-electron chi connectivity index (χ0n) is 8.33. The Morgan fingerprint density at radius 3 is 2.81 bits per heavy atom. The molecule has 0 unspecified atom stereocenters. The van der Waals surface area contributed by atoms with Gasteiger partial charge in [0, 0.05) is 4.88 Å². The lowest BCUT2D eigenvalue weighted by Gasteiger charge is -1.84. The zero-order chi connectivity index (χ0) is 11.8. The fraction of sp³-hybridized carbons (Fsp3) is 0. The number of hydrogen-bond acceptors (Lipinski definition) is 3. The molecule has 1 aromatic heterocycles. The van der Waals surface area contributed by atoms with E-state index in [9.17, 15) is 4.79 Å². The van der Waals surface area contributed by atoms with Gasteiger partial charge in [-0.2, -0.15) is 5.26 Å². The van der Waals surface area contributed by atoms with E-state index in [0.717, 1.165) is 4.88 Å². The number of carbonyl (C=O) groups is 1. The summed E-state index contributed by atoms with van der Waals surface area (Å²) in [5, 5.41) is 19.0. The Labute approximate surface area is 97.3 Å². The van der Waals surface area contributed by atoms with Crippen LogP contribution in [0, 0.1) is 11.3 Å². The molecule has 80 valence electrons. The van der Waals surface area contributed by atoms with Gasteiger partial charge in [0.15, 0.2) is 0 Å². The molecule has 1 N–H and O–H groups in total. The topological polar surface area (TPSA) is 61.1 Å². The molecule has 0 aromatic carbocycles. The number of nitriles is 1. The number of rotatable bonds is 4. The third kappa shape index (κ3) is 3.95. The Balaban J connectivity index is 2.56.